The van der Waals surface area contributed by atoms with Gasteiger partial charge in [0.15, 0.2) is 5.82 Å². The SMILES string of the molecule is Cc1cc(C)c2[nH]c(=O)c([C@@H](c3nnnn3C3CCCCC3)N3CCCC4(CCCCC4)C3)cc2c1. The van der Waals surface area contributed by atoms with Crippen molar-refractivity contribution in [2.24, 2.45) is 5.41 Å². The van der Waals surface area contributed by atoms with Gasteiger partial charge in [-0.2, -0.15) is 0 Å². The zero-order valence-corrected chi connectivity index (χ0v) is 21.9. The number of aryl methyl sites for hydroxylation is 2. The fraction of sp³-hybridized carbons (Fsp3) is 0.655. The van der Waals surface area contributed by atoms with Crippen LogP contribution in [0.25, 0.3) is 10.9 Å². The van der Waals surface area contributed by atoms with Gasteiger partial charge in [0.1, 0.15) is 6.04 Å². The molecule has 1 atom stereocenters. The molecular formula is C29H40N6O. The van der Waals surface area contributed by atoms with Crippen molar-refractivity contribution in [1.82, 2.24) is 30.1 Å². The van der Waals surface area contributed by atoms with Gasteiger partial charge in [0, 0.05) is 12.1 Å². The summed E-state index contributed by atoms with van der Waals surface area (Å²) >= 11 is 0. The second-order valence-corrected chi connectivity index (χ2v) is 11.9. The molecule has 3 heterocycles. The lowest BCUT2D eigenvalue weighted by Gasteiger charge is -2.47. The zero-order valence-electron chi connectivity index (χ0n) is 21.9. The number of hydrogen-bond acceptors (Lipinski definition) is 5. The molecule has 3 fully saturated rings. The highest BCUT2D eigenvalue weighted by Gasteiger charge is 2.41. The molecule has 0 radical (unpaired) electrons. The van der Waals surface area contributed by atoms with E-state index in [-0.39, 0.29) is 11.6 Å². The van der Waals surface area contributed by atoms with E-state index in [1.807, 2.05) is 0 Å². The van der Waals surface area contributed by atoms with Gasteiger partial charge in [0.2, 0.25) is 0 Å². The Labute approximate surface area is 213 Å². The third kappa shape index (κ3) is 4.40. The monoisotopic (exact) mass is 488 g/mol. The van der Waals surface area contributed by atoms with E-state index >= 15 is 0 Å². The molecular weight excluding hydrogens is 448 g/mol. The minimum absolute atomic E-state index is 0.0130. The third-order valence-corrected chi connectivity index (χ3v) is 9.27. The molecule has 192 valence electrons. The number of benzene rings is 1. The first-order chi connectivity index (χ1) is 17.5. The van der Waals surface area contributed by atoms with Gasteiger partial charge in [-0.25, -0.2) is 4.68 Å². The van der Waals surface area contributed by atoms with Crippen LogP contribution in [0.15, 0.2) is 23.0 Å². The molecule has 3 aliphatic rings. The quantitative estimate of drug-likeness (QED) is 0.504. The molecule has 1 spiro atoms. The molecule has 1 N–H and O–H groups in total. The number of pyridine rings is 1. The summed E-state index contributed by atoms with van der Waals surface area (Å²) in [7, 11) is 0. The van der Waals surface area contributed by atoms with Gasteiger partial charge in [-0.15, -0.1) is 5.10 Å². The number of piperidine rings is 1. The molecule has 2 aliphatic carbocycles. The summed E-state index contributed by atoms with van der Waals surface area (Å²) in [6.45, 7) is 6.20. The Bertz CT molecular complexity index is 1280. The van der Waals surface area contributed by atoms with Crippen molar-refractivity contribution < 1.29 is 0 Å². The average Bonchev–Trinajstić information content (AvgIpc) is 3.36. The molecule has 2 aromatic heterocycles. The predicted molar refractivity (Wildman–Crippen MR) is 142 cm³/mol. The molecule has 1 aromatic carbocycles. The molecule has 3 aromatic rings. The number of aromatic amines is 1. The first kappa shape index (κ1) is 23.8. The highest BCUT2D eigenvalue weighted by molar-refractivity contribution is 5.83. The van der Waals surface area contributed by atoms with E-state index in [0.717, 1.165) is 53.8 Å². The Kier molecular flexibility index (Phi) is 6.44. The number of nitrogens with zero attached hydrogens (tertiary/aromatic N) is 5. The Morgan fingerprint density at radius 1 is 0.972 bits per heavy atom. The van der Waals surface area contributed by atoms with Crippen LogP contribution >= 0.6 is 0 Å². The van der Waals surface area contributed by atoms with Crippen LogP contribution in [0.5, 0.6) is 0 Å². The van der Waals surface area contributed by atoms with E-state index in [4.69, 9.17) is 0 Å². The number of nitrogens with one attached hydrogen (secondary N) is 1. The molecule has 7 nitrogen and oxygen atoms in total. The highest BCUT2D eigenvalue weighted by Crippen LogP contribution is 2.46. The number of H-pyrrole nitrogens is 1. The molecule has 7 heteroatoms. The summed E-state index contributed by atoms with van der Waals surface area (Å²) in [5, 5.41) is 14.4. The van der Waals surface area contributed by atoms with Gasteiger partial charge in [0.05, 0.1) is 11.6 Å². The van der Waals surface area contributed by atoms with Crippen molar-refractivity contribution in [1.29, 1.82) is 0 Å². The molecule has 2 saturated carbocycles. The Balaban J connectivity index is 1.48. The molecule has 1 aliphatic heterocycles. The fourth-order valence-electron chi connectivity index (χ4n) is 7.55. The van der Waals surface area contributed by atoms with Gasteiger partial charge in [-0.1, -0.05) is 50.2 Å². The average molecular weight is 489 g/mol. The maximum atomic E-state index is 13.7. The van der Waals surface area contributed by atoms with Crippen LogP contribution in [0.3, 0.4) is 0 Å². The van der Waals surface area contributed by atoms with Crippen molar-refractivity contribution in [3.05, 3.63) is 51.1 Å². The molecule has 0 unspecified atom stereocenters. The third-order valence-electron chi connectivity index (χ3n) is 9.27. The first-order valence-electron chi connectivity index (χ1n) is 14.2. The van der Waals surface area contributed by atoms with Crippen LogP contribution < -0.4 is 5.56 Å². The van der Waals surface area contributed by atoms with Crippen molar-refractivity contribution in [3.63, 3.8) is 0 Å². The largest absolute Gasteiger partial charge is 0.321 e. The van der Waals surface area contributed by atoms with Crippen molar-refractivity contribution >= 4 is 10.9 Å². The number of hydrogen-bond donors (Lipinski definition) is 1. The molecule has 0 amide bonds. The standard InChI is InChI=1S/C29H40N6O/c1-20-16-21(2)25-22(17-20)18-24(28(36)30-25)26(27-31-32-33-35(27)23-10-5-3-6-11-23)34-15-9-14-29(19-34)12-7-4-8-13-29/h16-18,23,26H,3-15,19H2,1-2H3,(H,30,36)/t26-/m0/s1. The first-order valence-corrected chi connectivity index (χ1v) is 14.2. The molecule has 0 bridgehead atoms. The van der Waals surface area contributed by atoms with E-state index in [2.05, 4.69) is 62.1 Å². The number of fused-ring (bicyclic) bond motifs is 1. The summed E-state index contributed by atoms with van der Waals surface area (Å²) in [5.74, 6) is 0.851. The summed E-state index contributed by atoms with van der Waals surface area (Å²) in [5.41, 5.74) is 4.39. The number of aromatic nitrogens is 5. The minimum Gasteiger partial charge on any atom is -0.321 e. The van der Waals surface area contributed by atoms with Gasteiger partial charge >= 0.3 is 0 Å². The van der Waals surface area contributed by atoms with Crippen LogP contribution in [0.2, 0.25) is 0 Å². The van der Waals surface area contributed by atoms with E-state index in [1.54, 1.807) is 0 Å². The van der Waals surface area contributed by atoms with E-state index in [0.29, 0.717) is 11.5 Å². The van der Waals surface area contributed by atoms with Crippen molar-refractivity contribution in [2.45, 2.75) is 103 Å². The Hall–Kier alpha value is -2.54. The van der Waals surface area contributed by atoms with Gasteiger partial charge in [-0.05, 0) is 97.8 Å². The van der Waals surface area contributed by atoms with Crippen LogP contribution in [-0.2, 0) is 0 Å². The van der Waals surface area contributed by atoms with Crippen LogP contribution in [0.1, 0.15) is 112 Å². The summed E-state index contributed by atoms with van der Waals surface area (Å²) in [6.07, 6.45) is 15.0. The lowest BCUT2D eigenvalue weighted by molar-refractivity contribution is 0.0332. The maximum Gasteiger partial charge on any atom is 0.253 e. The Morgan fingerprint density at radius 3 is 2.53 bits per heavy atom. The lowest BCUT2D eigenvalue weighted by atomic mass is 9.69. The van der Waals surface area contributed by atoms with Gasteiger partial charge < -0.3 is 4.98 Å². The highest BCUT2D eigenvalue weighted by atomic mass is 16.1. The van der Waals surface area contributed by atoms with Crippen LogP contribution in [-0.4, -0.2) is 43.2 Å². The summed E-state index contributed by atoms with van der Waals surface area (Å²) < 4.78 is 2.08. The Morgan fingerprint density at radius 2 is 1.72 bits per heavy atom. The van der Waals surface area contributed by atoms with Gasteiger partial charge in [0.25, 0.3) is 5.56 Å². The topological polar surface area (TPSA) is 79.7 Å². The van der Waals surface area contributed by atoms with Crippen LogP contribution in [0.4, 0.5) is 0 Å². The number of likely N-dealkylation sites (tertiary alicyclic amines) is 1. The smallest absolute Gasteiger partial charge is 0.253 e. The predicted octanol–water partition coefficient (Wildman–Crippen LogP) is 5.77. The van der Waals surface area contributed by atoms with E-state index in [9.17, 15) is 4.79 Å². The molecule has 1 saturated heterocycles. The van der Waals surface area contributed by atoms with Crippen molar-refractivity contribution in [2.75, 3.05) is 13.1 Å². The zero-order chi connectivity index (χ0) is 24.7. The van der Waals surface area contributed by atoms with Crippen molar-refractivity contribution in [3.8, 4) is 0 Å². The molecule has 6 rings (SSSR count). The second kappa shape index (κ2) is 9.73. The number of tetrazole rings is 1. The summed E-state index contributed by atoms with van der Waals surface area (Å²) in [4.78, 5) is 19.5. The van der Waals surface area contributed by atoms with Crippen LogP contribution in [0, 0.1) is 19.3 Å². The normalized spacial score (nSPS) is 22.3. The second-order valence-electron chi connectivity index (χ2n) is 11.9. The maximum absolute atomic E-state index is 13.7. The molecule has 36 heavy (non-hydrogen) atoms. The lowest BCUT2D eigenvalue weighted by Crippen LogP contribution is -2.47. The minimum atomic E-state index is -0.227. The van der Waals surface area contributed by atoms with E-state index < -0.39 is 0 Å². The number of rotatable bonds is 4. The fourth-order valence-corrected chi connectivity index (χ4v) is 7.55. The van der Waals surface area contributed by atoms with E-state index in [1.165, 1.54) is 69.8 Å². The van der Waals surface area contributed by atoms with Gasteiger partial charge in [-0.3, -0.25) is 9.69 Å². The summed E-state index contributed by atoms with van der Waals surface area (Å²) in [6, 6.07) is 6.54.